The number of methoxy groups -OCH3 is 1. The van der Waals surface area contributed by atoms with Crippen LogP contribution in [0, 0.1) is 0 Å². The number of hydrogen-bond acceptors (Lipinski definition) is 4. The monoisotopic (exact) mass is 318 g/mol. The van der Waals surface area contributed by atoms with Crippen molar-refractivity contribution in [3.05, 3.63) is 35.9 Å². The van der Waals surface area contributed by atoms with Gasteiger partial charge in [-0.25, -0.2) is 0 Å². The van der Waals surface area contributed by atoms with Gasteiger partial charge in [-0.15, -0.1) is 0 Å². The summed E-state index contributed by atoms with van der Waals surface area (Å²) in [5.41, 5.74) is 0.911. The number of likely N-dealkylation sites (tertiary alicyclic amines) is 1. The van der Waals surface area contributed by atoms with Crippen LogP contribution in [-0.4, -0.2) is 67.7 Å². The Bertz CT molecular complexity index is 522. The van der Waals surface area contributed by atoms with E-state index in [1.54, 1.807) is 7.11 Å². The smallest absolute Gasteiger partial charge is 0.256 e. The van der Waals surface area contributed by atoms with E-state index in [-0.39, 0.29) is 18.1 Å². The summed E-state index contributed by atoms with van der Waals surface area (Å²) in [6.07, 6.45) is 0.559. The third kappa shape index (κ3) is 3.42. The highest BCUT2D eigenvalue weighted by atomic mass is 16.5. The first-order valence-electron chi connectivity index (χ1n) is 8.46. The van der Waals surface area contributed by atoms with Crippen molar-refractivity contribution in [2.75, 3.05) is 39.9 Å². The average molecular weight is 318 g/mol. The normalized spacial score (nSPS) is 26.6. The maximum Gasteiger partial charge on any atom is 0.256 e. The molecule has 0 aliphatic carbocycles. The first-order valence-corrected chi connectivity index (χ1v) is 8.46. The van der Waals surface area contributed by atoms with Crippen molar-refractivity contribution in [1.29, 1.82) is 0 Å². The van der Waals surface area contributed by atoms with E-state index in [0.717, 1.165) is 31.6 Å². The molecule has 3 atom stereocenters. The molecule has 1 aromatic rings. The molecular weight excluding hydrogens is 292 g/mol. The quantitative estimate of drug-likeness (QED) is 0.847. The Balaban J connectivity index is 1.75. The number of benzene rings is 1. The molecule has 2 fully saturated rings. The second-order valence-electron chi connectivity index (χ2n) is 6.22. The molecule has 2 aliphatic heterocycles. The van der Waals surface area contributed by atoms with Gasteiger partial charge in [0.2, 0.25) is 0 Å². The van der Waals surface area contributed by atoms with E-state index < -0.39 is 6.10 Å². The lowest BCUT2D eigenvalue weighted by atomic mass is 9.97. The number of ether oxygens (including phenoxy) is 2. The molecule has 1 amide bonds. The third-order valence-corrected chi connectivity index (χ3v) is 4.97. The number of carbonyl (C=O) groups is 1. The lowest BCUT2D eigenvalue weighted by Gasteiger charge is -2.47. The number of carbonyl (C=O) groups excluding carboxylic acids is 1. The van der Waals surface area contributed by atoms with E-state index in [1.165, 1.54) is 0 Å². The van der Waals surface area contributed by atoms with Gasteiger partial charge < -0.3 is 19.3 Å². The van der Waals surface area contributed by atoms with Gasteiger partial charge in [-0.3, -0.25) is 4.79 Å². The summed E-state index contributed by atoms with van der Waals surface area (Å²) in [4.78, 5) is 17.4. The van der Waals surface area contributed by atoms with Gasteiger partial charge in [0.05, 0.1) is 18.8 Å². The van der Waals surface area contributed by atoms with Gasteiger partial charge >= 0.3 is 0 Å². The zero-order chi connectivity index (χ0) is 16.2. The second kappa shape index (κ2) is 7.43. The van der Waals surface area contributed by atoms with Gasteiger partial charge in [-0.05, 0) is 18.5 Å². The maximum absolute atomic E-state index is 13.1. The van der Waals surface area contributed by atoms with Crippen LogP contribution in [0.3, 0.4) is 0 Å². The minimum Gasteiger partial charge on any atom is -0.373 e. The fraction of sp³-hybridized carbons (Fsp3) is 0.611. The Morgan fingerprint density at radius 2 is 2.13 bits per heavy atom. The van der Waals surface area contributed by atoms with E-state index in [1.807, 2.05) is 35.2 Å². The summed E-state index contributed by atoms with van der Waals surface area (Å²) >= 11 is 0. The predicted molar refractivity (Wildman–Crippen MR) is 88.2 cm³/mol. The van der Waals surface area contributed by atoms with Gasteiger partial charge in [-0.2, -0.15) is 0 Å². The highest BCUT2D eigenvalue weighted by Gasteiger charge is 2.40. The molecule has 2 saturated heterocycles. The van der Waals surface area contributed by atoms with E-state index in [4.69, 9.17) is 9.47 Å². The summed E-state index contributed by atoms with van der Waals surface area (Å²) in [5.74, 6) is 0.0574. The first-order chi connectivity index (χ1) is 11.2. The number of amides is 1. The van der Waals surface area contributed by atoms with Crippen molar-refractivity contribution in [2.45, 2.75) is 31.6 Å². The van der Waals surface area contributed by atoms with Crippen molar-refractivity contribution in [2.24, 2.45) is 0 Å². The maximum atomic E-state index is 13.1. The van der Waals surface area contributed by atoms with Gasteiger partial charge in [0, 0.05) is 26.7 Å². The zero-order valence-corrected chi connectivity index (χ0v) is 14.0. The Kier molecular flexibility index (Phi) is 5.30. The summed E-state index contributed by atoms with van der Waals surface area (Å²) in [7, 11) is 1.60. The van der Waals surface area contributed by atoms with Crippen LogP contribution in [0.5, 0.6) is 0 Å². The highest BCUT2D eigenvalue weighted by Crippen LogP contribution is 2.27. The summed E-state index contributed by atoms with van der Waals surface area (Å²) < 4.78 is 11.5. The van der Waals surface area contributed by atoms with Crippen LogP contribution in [0.25, 0.3) is 0 Å². The third-order valence-electron chi connectivity index (χ3n) is 4.97. The van der Waals surface area contributed by atoms with Crippen LogP contribution in [0.2, 0.25) is 0 Å². The summed E-state index contributed by atoms with van der Waals surface area (Å²) in [6.45, 7) is 6.39. The lowest BCUT2D eigenvalue weighted by molar-refractivity contribution is -0.162. The number of likely N-dealkylation sites (N-methyl/N-ethyl adjacent to an activating group) is 1. The van der Waals surface area contributed by atoms with Crippen LogP contribution in [0.1, 0.15) is 25.0 Å². The Hall–Kier alpha value is -1.43. The number of piperidine rings is 1. The Labute approximate surface area is 138 Å². The van der Waals surface area contributed by atoms with Crippen molar-refractivity contribution in [1.82, 2.24) is 9.80 Å². The Morgan fingerprint density at radius 1 is 1.35 bits per heavy atom. The molecular formula is C18H26N2O3. The van der Waals surface area contributed by atoms with Crippen molar-refractivity contribution in [3.8, 4) is 0 Å². The molecule has 0 N–H and O–H groups in total. The number of nitrogens with zero attached hydrogens (tertiary/aromatic N) is 2. The highest BCUT2D eigenvalue weighted by molar-refractivity contribution is 5.82. The molecule has 0 spiro atoms. The fourth-order valence-electron chi connectivity index (χ4n) is 3.68. The predicted octanol–water partition coefficient (Wildman–Crippen LogP) is 1.70. The molecule has 0 radical (unpaired) electrons. The van der Waals surface area contributed by atoms with Crippen molar-refractivity contribution >= 4 is 5.91 Å². The standard InChI is InChI=1S/C18H26N2O3/c1-3-19-10-9-15-16(13-19)23-12-11-20(15)18(21)17(22-2)14-7-5-4-6-8-14/h4-8,15-17H,3,9-13H2,1-2H3/t15-,16+,17-/m1/s1. The molecule has 2 heterocycles. The molecule has 0 unspecified atom stereocenters. The number of morpholine rings is 1. The molecule has 2 aliphatic rings. The topological polar surface area (TPSA) is 42.0 Å². The molecule has 5 heteroatoms. The largest absolute Gasteiger partial charge is 0.373 e. The van der Waals surface area contributed by atoms with Gasteiger partial charge in [0.1, 0.15) is 0 Å². The fourth-order valence-corrected chi connectivity index (χ4v) is 3.68. The van der Waals surface area contributed by atoms with Gasteiger partial charge in [0.15, 0.2) is 6.10 Å². The first kappa shape index (κ1) is 16.4. The molecule has 1 aromatic carbocycles. The molecule has 5 nitrogen and oxygen atoms in total. The van der Waals surface area contributed by atoms with Crippen molar-refractivity contribution < 1.29 is 14.3 Å². The van der Waals surface area contributed by atoms with Crippen molar-refractivity contribution in [3.63, 3.8) is 0 Å². The van der Waals surface area contributed by atoms with Crippen LogP contribution < -0.4 is 0 Å². The van der Waals surface area contributed by atoms with Gasteiger partial charge in [0.25, 0.3) is 5.91 Å². The van der Waals surface area contributed by atoms with Crippen LogP contribution in [0.4, 0.5) is 0 Å². The lowest BCUT2D eigenvalue weighted by Crippen LogP contribution is -2.61. The minimum atomic E-state index is -0.529. The Morgan fingerprint density at radius 3 is 2.83 bits per heavy atom. The summed E-state index contributed by atoms with van der Waals surface area (Å²) in [6, 6.07) is 9.90. The van der Waals surface area contributed by atoms with Crippen LogP contribution in [-0.2, 0) is 14.3 Å². The van der Waals surface area contributed by atoms with E-state index in [9.17, 15) is 4.79 Å². The molecule has 0 saturated carbocycles. The zero-order valence-electron chi connectivity index (χ0n) is 14.0. The number of rotatable bonds is 4. The SMILES string of the molecule is CCN1CC[C@@H]2[C@H](C1)OCCN2C(=O)[C@H](OC)c1ccccc1. The molecule has 23 heavy (non-hydrogen) atoms. The average Bonchev–Trinajstić information content (AvgIpc) is 2.62. The number of fused-ring (bicyclic) bond motifs is 1. The summed E-state index contributed by atoms with van der Waals surface area (Å²) in [5, 5.41) is 0. The van der Waals surface area contributed by atoms with Gasteiger partial charge in [-0.1, -0.05) is 37.3 Å². The number of hydrogen-bond donors (Lipinski definition) is 0. The molecule has 3 rings (SSSR count). The molecule has 126 valence electrons. The van der Waals surface area contributed by atoms with Crippen LogP contribution >= 0.6 is 0 Å². The van der Waals surface area contributed by atoms with Crippen LogP contribution in [0.15, 0.2) is 30.3 Å². The molecule has 0 aromatic heterocycles. The van der Waals surface area contributed by atoms with E-state index in [2.05, 4.69) is 11.8 Å². The van der Waals surface area contributed by atoms with E-state index in [0.29, 0.717) is 13.2 Å². The second-order valence-corrected chi connectivity index (χ2v) is 6.22. The molecule has 0 bridgehead atoms. The van der Waals surface area contributed by atoms with E-state index >= 15 is 0 Å². The minimum absolute atomic E-state index is 0.0574.